The summed E-state index contributed by atoms with van der Waals surface area (Å²) in [5.41, 5.74) is 0.678. The molecule has 11 heavy (non-hydrogen) atoms. The van der Waals surface area contributed by atoms with Crippen molar-refractivity contribution in [3.63, 3.8) is 0 Å². The van der Waals surface area contributed by atoms with Crippen molar-refractivity contribution < 1.29 is 0 Å². The highest BCUT2D eigenvalue weighted by Gasteiger charge is 2.46. The Bertz CT molecular complexity index is 156. The van der Waals surface area contributed by atoms with Gasteiger partial charge in [-0.3, -0.25) is 0 Å². The fourth-order valence-electron chi connectivity index (χ4n) is 1.90. The standard InChI is InChI=1S/C10H19N/c1-8(10(2)6-7-10)11(3)9-4-5-9/h8-9H,4-7H2,1-3H3. The summed E-state index contributed by atoms with van der Waals surface area (Å²) in [6.07, 6.45) is 5.78. The van der Waals surface area contributed by atoms with Crippen LogP contribution in [0.15, 0.2) is 0 Å². The van der Waals surface area contributed by atoms with Crippen LogP contribution in [-0.4, -0.2) is 24.0 Å². The van der Waals surface area contributed by atoms with Crippen molar-refractivity contribution in [1.29, 1.82) is 0 Å². The fourth-order valence-corrected chi connectivity index (χ4v) is 1.90. The van der Waals surface area contributed by atoms with Gasteiger partial charge in [-0.1, -0.05) is 6.92 Å². The maximum absolute atomic E-state index is 2.59. The number of hydrogen-bond acceptors (Lipinski definition) is 1. The Labute approximate surface area is 69.8 Å². The van der Waals surface area contributed by atoms with Gasteiger partial charge in [0.05, 0.1) is 0 Å². The SMILES string of the molecule is CC(N(C)C1CC1)C1(C)CC1. The highest BCUT2D eigenvalue weighted by atomic mass is 15.2. The van der Waals surface area contributed by atoms with Gasteiger partial charge < -0.3 is 4.90 Å². The number of rotatable bonds is 3. The molecule has 2 aliphatic rings. The lowest BCUT2D eigenvalue weighted by molar-refractivity contribution is 0.177. The van der Waals surface area contributed by atoms with Crippen LogP contribution in [0.25, 0.3) is 0 Å². The van der Waals surface area contributed by atoms with Crippen molar-refractivity contribution in [3.05, 3.63) is 0 Å². The minimum atomic E-state index is 0.678. The van der Waals surface area contributed by atoms with E-state index >= 15 is 0 Å². The average Bonchev–Trinajstić information content (AvgIpc) is 2.76. The minimum Gasteiger partial charge on any atom is -0.300 e. The van der Waals surface area contributed by atoms with Gasteiger partial charge in [0.25, 0.3) is 0 Å². The quantitative estimate of drug-likeness (QED) is 0.601. The molecule has 0 radical (unpaired) electrons. The Morgan fingerprint density at radius 2 is 1.91 bits per heavy atom. The topological polar surface area (TPSA) is 3.24 Å². The molecule has 0 bridgehead atoms. The molecule has 1 unspecified atom stereocenters. The summed E-state index contributed by atoms with van der Waals surface area (Å²) in [6, 6.07) is 1.75. The maximum Gasteiger partial charge on any atom is 0.0121 e. The van der Waals surface area contributed by atoms with E-state index < -0.39 is 0 Å². The minimum absolute atomic E-state index is 0.678. The zero-order valence-corrected chi connectivity index (χ0v) is 7.93. The van der Waals surface area contributed by atoms with Crippen LogP contribution in [0.5, 0.6) is 0 Å². The van der Waals surface area contributed by atoms with Crippen LogP contribution in [0.3, 0.4) is 0 Å². The van der Waals surface area contributed by atoms with Gasteiger partial charge in [0.2, 0.25) is 0 Å². The molecular formula is C10H19N. The molecule has 0 aliphatic heterocycles. The van der Waals surface area contributed by atoms with Gasteiger partial charge in [0, 0.05) is 12.1 Å². The van der Waals surface area contributed by atoms with E-state index in [1.54, 1.807) is 0 Å². The van der Waals surface area contributed by atoms with Gasteiger partial charge in [-0.2, -0.15) is 0 Å². The van der Waals surface area contributed by atoms with Crippen LogP contribution in [0.2, 0.25) is 0 Å². The van der Waals surface area contributed by atoms with Crippen LogP contribution in [0, 0.1) is 5.41 Å². The van der Waals surface area contributed by atoms with E-state index in [1.807, 2.05) is 0 Å². The lowest BCUT2D eigenvalue weighted by atomic mass is 9.99. The first-order valence-electron chi connectivity index (χ1n) is 4.85. The second-order valence-corrected chi connectivity index (χ2v) is 4.73. The molecule has 1 heteroatoms. The third-order valence-electron chi connectivity index (χ3n) is 3.78. The van der Waals surface area contributed by atoms with Crippen LogP contribution >= 0.6 is 0 Å². The van der Waals surface area contributed by atoms with Gasteiger partial charge in [-0.05, 0) is 45.1 Å². The van der Waals surface area contributed by atoms with Crippen molar-refractivity contribution in [1.82, 2.24) is 4.90 Å². The van der Waals surface area contributed by atoms with Crippen LogP contribution < -0.4 is 0 Å². The molecule has 1 atom stereocenters. The van der Waals surface area contributed by atoms with E-state index in [0.29, 0.717) is 5.41 Å². The Morgan fingerprint density at radius 1 is 1.36 bits per heavy atom. The third-order valence-corrected chi connectivity index (χ3v) is 3.78. The van der Waals surface area contributed by atoms with E-state index in [0.717, 1.165) is 12.1 Å². The largest absolute Gasteiger partial charge is 0.300 e. The number of nitrogens with zero attached hydrogens (tertiary/aromatic N) is 1. The van der Waals surface area contributed by atoms with E-state index in [-0.39, 0.29) is 0 Å². The Morgan fingerprint density at radius 3 is 2.27 bits per heavy atom. The molecule has 2 saturated carbocycles. The van der Waals surface area contributed by atoms with Crippen molar-refractivity contribution in [2.75, 3.05) is 7.05 Å². The predicted octanol–water partition coefficient (Wildman–Crippen LogP) is 2.27. The van der Waals surface area contributed by atoms with E-state index in [2.05, 4.69) is 25.8 Å². The molecule has 0 N–H and O–H groups in total. The summed E-state index contributed by atoms with van der Waals surface area (Å²) in [5.74, 6) is 0. The zero-order valence-electron chi connectivity index (χ0n) is 7.93. The van der Waals surface area contributed by atoms with E-state index in [1.165, 1.54) is 25.7 Å². The van der Waals surface area contributed by atoms with Crippen LogP contribution in [-0.2, 0) is 0 Å². The molecule has 2 aliphatic carbocycles. The van der Waals surface area contributed by atoms with Crippen molar-refractivity contribution >= 4 is 0 Å². The van der Waals surface area contributed by atoms with Crippen molar-refractivity contribution in [2.24, 2.45) is 5.41 Å². The molecule has 1 nitrogen and oxygen atoms in total. The molecule has 0 aromatic rings. The Hall–Kier alpha value is -0.0400. The van der Waals surface area contributed by atoms with E-state index in [9.17, 15) is 0 Å². The van der Waals surface area contributed by atoms with Crippen LogP contribution in [0.4, 0.5) is 0 Å². The summed E-state index contributed by atoms with van der Waals surface area (Å²) >= 11 is 0. The summed E-state index contributed by atoms with van der Waals surface area (Å²) < 4.78 is 0. The van der Waals surface area contributed by atoms with Gasteiger partial charge in [-0.25, -0.2) is 0 Å². The molecule has 0 saturated heterocycles. The summed E-state index contributed by atoms with van der Waals surface area (Å²) in [4.78, 5) is 2.59. The molecule has 2 fully saturated rings. The molecular weight excluding hydrogens is 134 g/mol. The molecule has 2 rings (SSSR count). The maximum atomic E-state index is 2.59. The first-order valence-corrected chi connectivity index (χ1v) is 4.85. The highest BCUT2D eigenvalue weighted by Crippen LogP contribution is 2.50. The van der Waals surface area contributed by atoms with Gasteiger partial charge >= 0.3 is 0 Å². The summed E-state index contributed by atoms with van der Waals surface area (Å²) in [7, 11) is 2.30. The second-order valence-electron chi connectivity index (χ2n) is 4.73. The first kappa shape index (κ1) is 7.60. The fraction of sp³-hybridized carbons (Fsp3) is 1.00. The average molecular weight is 153 g/mol. The molecule has 0 amide bonds. The smallest absolute Gasteiger partial charge is 0.0121 e. The second kappa shape index (κ2) is 2.22. The molecule has 0 heterocycles. The summed E-state index contributed by atoms with van der Waals surface area (Å²) in [6.45, 7) is 4.82. The normalized spacial score (nSPS) is 30.5. The molecule has 0 aromatic carbocycles. The van der Waals surface area contributed by atoms with Gasteiger partial charge in [-0.15, -0.1) is 0 Å². The molecule has 0 spiro atoms. The zero-order chi connectivity index (χ0) is 8.06. The van der Waals surface area contributed by atoms with Gasteiger partial charge in [0.15, 0.2) is 0 Å². The Balaban J connectivity index is 1.92. The monoisotopic (exact) mass is 153 g/mol. The highest BCUT2D eigenvalue weighted by molar-refractivity contribution is 5.00. The van der Waals surface area contributed by atoms with E-state index in [4.69, 9.17) is 0 Å². The molecule has 0 aromatic heterocycles. The lowest BCUT2D eigenvalue weighted by Gasteiger charge is -2.29. The Kier molecular flexibility index (Phi) is 1.54. The van der Waals surface area contributed by atoms with Crippen LogP contribution in [0.1, 0.15) is 39.5 Å². The van der Waals surface area contributed by atoms with Crippen molar-refractivity contribution in [3.8, 4) is 0 Å². The lowest BCUT2D eigenvalue weighted by Crippen LogP contribution is -2.36. The van der Waals surface area contributed by atoms with Gasteiger partial charge in [0.1, 0.15) is 0 Å². The molecule has 64 valence electrons. The third kappa shape index (κ3) is 1.31. The summed E-state index contributed by atoms with van der Waals surface area (Å²) in [5, 5.41) is 0. The first-order chi connectivity index (χ1) is 5.13. The van der Waals surface area contributed by atoms with Crippen molar-refractivity contribution in [2.45, 2.75) is 51.6 Å². The number of hydrogen-bond donors (Lipinski definition) is 0. The predicted molar refractivity (Wildman–Crippen MR) is 47.6 cm³/mol.